The fourth-order valence-corrected chi connectivity index (χ4v) is 4.36. The number of carbonyl (C=O) groups excluding carboxylic acids is 1. The summed E-state index contributed by atoms with van der Waals surface area (Å²) in [6.45, 7) is 11.9. The summed E-state index contributed by atoms with van der Waals surface area (Å²) in [7, 11) is 2.16. The summed E-state index contributed by atoms with van der Waals surface area (Å²) < 4.78 is 1.99. The van der Waals surface area contributed by atoms with Crippen molar-refractivity contribution in [3.63, 3.8) is 0 Å². The Morgan fingerprint density at radius 1 is 1.19 bits per heavy atom. The number of carbonyl (C=O) groups is 1. The van der Waals surface area contributed by atoms with Crippen LogP contribution in [0.25, 0.3) is 0 Å². The maximum absolute atomic E-state index is 12.7. The molecule has 0 bridgehead atoms. The van der Waals surface area contributed by atoms with Crippen molar-refractivity contribution in [2.75, 3.05) is 59.5 Å². The van der Waals surface area contributed by atoms with Gasteiger partial charge in [-0.2, -0.15) is 5.10 Å². The number of hydrogen-bond acceptors (Lipinski definition) is 5. The molecule has 0 spiro atoms. The van der Waals surface area contributed by atoms with Crippen LogP contribution in [0.4, 0.5) is 0 Å². The van der Waals surface area contributed by atoms with Gasteiger partial charge in [0.1, 0.15) is 0 Å². The van der Waals surface area contributed by atoms with E-state index in [2.05, 4.69) is 34.9 Å². The standard InChI is InChI=1S/C20H35N5O2/c1-16-11-17(2)25(21-16)6-4-5-20(27)24-13-18(19(14-24)15-26)12-23-9-7-22(3)8-10-23/h11,18-19,26H,4-10,12-15H2,1-3H3. The van der Waals surface area contributed by atoms with Gasteiger partial charge in [0, 0.05) is 77.0 Å². The van der Waals surface area contributed by atoms with Crippen molar-refractivity contribution in [1.29, 1.82) is 0 Å². The highest BCUT2D eigenvalue weighted by molar-refractivity contribution is 5.76. The summed E-state index contributed by atoms with van der Waals surface area (Å²) in [6, 6.07) is 2.07. The van der Waals surface area contributed by atoms with E-state index < -0.39 is 0 Å². The third-order valence-corrected chi connectivity index (χ3v) is 6.12. The summed E-state index contributed by atoms with van der Waals surface area (Å²) in [6.07, 6.45) is 1.36. The number of aryl methyl sites for hydroxylation is 3. The topological polar surface area (TPSA) is 64.8 Å². The smallest absolute Gasteiger partial charge is 0.222 e. The number of likely N-dealkylation sites (N-methyl/N-ethyl adjacent to an activating group) is 1. The van der Waals surface area contributed by atoms with E-state index in [0.717, 1.165) is 63.6 Å². The van der Waals surface area contributed by atoms with E-state index in [9.17, 15) is 9.90 Å². The van der Waals surface area contributed by atoms with Crippen LogP contribution in [-0.4, -0.2) is 95.0 Å². The fraction of sp³-hybridized carbons (Fsp3) is 0.800. The number of hydrogen-bond donors (Lipinski definition) is 1. The first-order valence-electron chi connectivity index (χ1n) is 10.3. The molecule has 1 amide bonds. The third-order valence-electron chi connectivity index (χ3n) is 6.12. The van der Waals surface area contributed by atoms with Crippen LogP contribution >= 0.6 is 0 Å². The lowest BCUT2D eigenvalue weighted by Crippen LogP contribution is -2.47. The number of piperazine rings is 1. The van der Waals surface area contributed by atoms with Crippen molar-refractivity contribution in [3.8, 4) is 0 Å². The Balaban J connectivity index is 1.45. The Kier molecular flexibility index (Phi) is 6.89. The Morgan fingerprint density at radius 2 is 1.89 bits per heavy atom. The van der Waals surface area contributed by atoms with Crippen molar-refractivity contribution in [3.05, 3.63) is 17.5 Å². The van der Waals surface area contributed by atoms with Gasteiger partial charge >= 0.3 is 0 Å². The first-order chi connectivity index (χ1) is 13.0. The van der Waals surface area contributed by atoms with Crippen LogP contribution in [-0.2, 0) is 11.3 Å². The molecule has 2 unspecified atom stereocenters. The summed E-state index contributed by atoms with van der Waals surface area (Å²) in [5, 5.41) is 14.3. The number of nitrogens with zero attached hydrogens (tertiary/aromatic N) is 5. The van der Waals surface area contributed by atoms with Crippen LogP contribution in [0, 0.1) is 25.7 Å². The highest BCUT2D eigenvalue weighted by Gasteiger charge is 2.35. The average molecular weight is 378 g/mol. The van der Waals surface area contributed by atoms with Crippen LogP contribution in [0.5, 0.6) is 0 Å². The van der Waals surface area contributed by atoms with Crippen LogP contribution < -0.4 is 0 Å². The van der Waals surface area contributed by atoms with Gasteiger partial charge in [0.05, 0.1) is 5.69 Å². The second-order valence-electron chi connectivity index (χ2n) is 8.36. The van der Waals surface area contributed by atoms with Crippen molar-refractivity contribution in [2.45, 2.75) is 33.2 Å². The maximum Gasteiger partial charge on any atom is 0.222 e. The van der Waals surface area contributed by atoms with Crippen molar-refractivity contribution in [1.82, 2.24) is 24.5 Å². The third kappa shape index (κ3) is 5.30. The molecular formula is C20H35N5O2. The number of aliphatic hydroxyl groups is 1. The van der Waals surface area contributed by atoms with Crippen LogP contribution in [0.15, 0.2) is 6.07 Å². The van der Waals surface area contributed by atoms with Gasteiger partial charge in [-0.1, -0.05) is 0 Å². The molecule has 27 heavy (non-hydrogen) atoms. The highest BCUT2D eigenvalue weighted by atomic mass is 16.3. The molecule has 152 valence electrons. The normalized spacial score (nSPS) is 24.7. The number of amides is 1. The molecular weight excluding hydrogens is 342 g/mol. The van der Waals surface area contributed by atoms with E-state index in [-0.39, 0.29) is 18.4 Å². The molecule has 3 heterocycles. The Morgan fingerprint density at radius 3 is 2.52 bits per heavy atom. The van der Waals surface area contributed by atoms with Crippen molar-refractivity contribution in [2.24, 2.45) is 11.8 Å². The van der Waals surface area contributed by atoms with E-state index in [0.29, 0.717) is 18.9 Å². The zero-order valence-electron chi connectivity index (χ0n) is 17.1. The van der Waals surface area contributed by atoms with E-state index in [1.807, 2.05) is 16.5 Å². The Labute approximate surface area is 162 Å². The highest BCUT2D eigenvalue weighted by Crippen LogP contribution is 2.25. The van der Waals surface area contributed by atoms with E-state index in [1.54, 1.807) is 0 Å². The fourth-order valence-electron chi connectivity index (χ4n) is 4.36. The van der Waals surface area contributed by atoms with Gasteiger partial charge in [-0.15, -0.1) is 0 Å². The molecule has 1 N–H and O–H groups in total. The summed E-state index contributed by atoms with van der Waals surface area (Å²) in [4.78, 5) is 19.5. The molecule has 0 saturated carbocycles. The van der Waals surface area contributed by atoms with Crippen LogP contribution in [0.2, 0.25) is 0 Å². The summed E-state index contributed by atoms with van der Waals surface area (Å²) >= 11 is 0. The predicted molar refractivity (Wildman–Crippen MR) is 106 cm³/mol. The SMILES string of the molecule is Cc1cc(C)n(CCCC(=O)N2CC(CO)C(CN3CCN(C)CC3)C2)n1. The molecule has 0 radical (unpaired) electrons. The van der Waals surface area contributed by atoms with Crippen LogP contribution in [0.1, 0.15) is 24.2 Å². The number of rotatable bonds is 7. The first kappa shape index (κ1) is 20.3. The monoisotopic (exact) mass is 377 g/mol. The van der Waals surface area contributed by atoms with Gasteiger partial charge < -0.3 is 19.8 Å². The molecule has 2 fully saturated rings. The summed E-state index contributed by atoms with van der Waals surface area (Å²) in [5.41, 5.74) is 2.17. The molecule has 2 aliphatic heterocycles. The van der Waals surface area contributed by atoms with E-state index >= 15 is 0 Å². The minimum atomic E-state index is 0.175. The van der Waals surface area contributed by atoms with Gasteiger partial charge in [-0.05, 0) is 39.3 Å². The zero-order chi connectivity index (χ0) is 19.4. The lowest BCUT2D eigenvalue weighted by molar-refractivity contribution is -0.130. The zero-order valence-corrected chi connectivity index (χ0v) is 17.1. The van der Waals surface area contributed by atoms with Gasteiger partial charge in [-0.25, -0.2) is 0 Å². The average Bonchev–Trinajstić information content (AvgIpc) is 3.19. The van der Waals surface area contributed by atoms with Crippen LogP contribution in [0.3, 0.4) is 0 Å². The summed E-state index contributed by atoms with van der Waals surface area (Å²) in [5.74, 6) is 0.818. The molecule has 3 rings (SSSR count). The predicted octanol–water partition coefficient (Wildman–Crippen LogP) is 0.594. The molecule has 7 nitrogen and oxygen atoms in total. The van der Waals surface area contributed by atoms with Gasteiger partial charge in [0.15, 0.2) is 0 Å². The molecule has 1 aromatic rings. The van der Waals surface area contributed by atoms with E-state index in [1.165, 1.54) is 0 Å². The first-order valence-corrected chi connectivity index (χ1v) is 10.3. The molecule has 2 aliphatic rings. The largest absolute Gasteiger partial charge is 0.396 e. The number of aliphatic hydroxyl groups excluding tert-OH is 1. The maximum atomic E-state index is 12.7. The molecule has 0 aliphatic carbocycles. The molecule has 2 saturated heterocycles. The van der Waals surface area contributed by atoms with E-state index in [4.69, 9.17) is 0 Å². The minimum Gasteiger partial charge on any atom is -0.396 e. The quantitative estimate of drug-likeness (QED) is 0.754. The lowest BCUT2D eigenvalue weighted by Gasteiger charge is -2.34. The molecule has 1 aromatic heterocycles. The lowest BCUT2D eigenvalue weighted by atomic mass is 9.96. The van der Waals surface area contributed by atoms with Gasteiger partial charge in [-0.3, -0.25) is 9.48 Å². The molecule has 0 aromatic carbocycles. The van der Waals surface area contributed by atoms with Gasteiger partial charge in [0.2, 0.25) is 5.91 Å². The Hall–Kier alpha value is -1.44. The number of likely N-dealkylation sites (tertiary alicyclic amines) is 1. The second kappa shape index (κ2) is 9.17. The minimum absolute atomic E-state index is 0.175. The number of aromatic nitrogens is 2. The van der Waals surface area contributed by atoms with Gasteiger partial charge in [0.25, 0.3) is 0 Å². The van der Waals surface area contributed by atoms with Crippen molar-refractivity contribution < 1.29 is 9.90 Å². The molecule has 2 atom stereocenters. The van der Waals surface area contributed by atoms with Crippen molar-refractivity contribution >= 4 is 5.91 Å². The second-order valence-corrected chi connectivity index (χ2v) is 8.36. The Bertz CT molecular complexity index is 624. The molecule has 7 heteroatoms.